The van der Waals surface area contributed by atoms with Crippen molar-refractivity contribution in [1.29, 1.82) is 0 Å². The first-order valence-electron chi connectivity index (χ1n) is 5.87. The van der Waals surface area contributed by atoms with E-state index in [-0.39, 0.29) is 0 Å². The zero-order valence-electron chi connectivity index (χ0n) is 10.8. The van der Waals surface area contributed by atoms with Gasteiger partial charge in [0.25, 0.3) is 0 Å². The van der Waals surface area contributed by atoms with E-state index in [4.69, 9.17) is 4.74 Å². The molecule has 94 valence electrons. The van der Waals surface area contributed by atoms with Gasteiger partial charge in [0.05, 0.1) is 18.1 Å². The first kappa shape index (κ1) is 12.3. The van der Waals surface area contributed by atoms with Gasteiger partial charge in [-0.15, -0.1) is 0 Å². The molecular formula is C13H16N4O. The number of aromatic nitrogens is 3. The molecule has 5 heteroatoms. The molecular weight excluding hydrogens is 228 g/mol. The molecule has 0 aromatic carbocycles. The van der Waals surface area contributed by atoms with Crippen molar-refractivity contribution < 1.29 is 4.74 Å². The smallest absolute Gasteiger partial charge is 0.239 e. The summed E-state index contributed by atoms with van der Waals surface area (Å²) >= 11 is 0. The molecule has 0 spiro atoms. The Balaban J connectivity index is 2.27. The fraction of sp³-hybridized carbons (Fsp3) is 0.308. The van der Waals surface area contributed by atoms with Crippen molar-refractivity contribution in [3.05, 3.63) is 35.9 Å². The molecule has 0 aliphatic rings. The molecule has 0 bridgehead atoms. The number of nitrogens with one attached hydrogen (secondary N) is 1. The lowest BCUT2D eigenvalue weighted by molar-refractivity contribution is 0.452. The summed E-state index contributed by atoms with van der Waals surface area (Å²) in [6.07, 6.45) is 4.04. The Labute approximate surface area is 106 Å². The summed E-state index contributed by atoms with van der Waals surface area (Å²) in [7, 11) is 1.79. The fourth-order valence-electron chi connectivity index (χ4n) is 1.57. The van der Waals surface area contributed by atoms with E-state index in [1.807, 2.05) is 26.0 Å². The Morgan fingerprint density at radius 3 is 2.78 bits per heavy atom. The van der Waals surface area contributed by atoms with Gasteiger partial charge in [-0.1, -0.05) is 6.92 Å². The Hall–Kier alpha value is -2.17. The van der Waals surface area contributed by atoms with Gasteiger partial charge in [0, 0.05) is 12.7 Å². The summed E-state index contributed by atoms with van der Waals surface area (Å²) in [6.45, 7) is 4.01. The zero-order valence-corrected chi connectivity index (χ0v) is 10.8. The Bertz CT molecular complexity index is 542. The fourth-order valence-corrected chi connectivity index (χ4v) is 1.57. The molecule has 0 fully saturated rings. The van der Waals surface area contributed by atoms with Crippen molar-refractivity contribution in [3.8, 4) is 11.6 Å². The maximum absolute atomic E-state index is 5.72. The number of ether oxygens (including phenoxy) is 1. The summed E-state index contributed by atoms with van der Waals surface area (Å²) in [5.74, 6) is 1.86. The second-order valence-corrected chi connectivity index (χ2v) is 3.85. The number of nitrogens with zero attached hydrogens (tertiary/aromatic N) is 3. The second kappa shape index (κ2) is 5.44. The van der Waals surface area contributed by atoms with Gasteiger partial charge in [-0.2, -0.15) is 4.98 Å². The van der Waals surface area contributed by atoms with Crippen LogP contribution in [-0.4, -0.2) is 22.0 Å². The van der Waals surface area contributed by atoms with E-state index in [0.29, 0.717) is 11.7 Å². The van der Waals surface area contributed by atoms with Gasteiger partial charge >= 0.3 is 0 Å². The third-order valence-corrected chi connectivity index (χ3v) is 2.49. The highest BCUT2D eigenvalue weighted by Gasteiger charge is 2.07. The monoisotopic (exact) mass is 244 g/mol. The minimum absolute atomic E-state index is 0.460. The number of aryl methyl sites for hydroxylation is 2. The molecule has 0 saturated carbocycles. The molecule has 0 saturated heterocycles. The van der Waals surface area contributed by atoms with Crippen LogP contribution in [0.25, 0.3) is 0 Å². The van der Waals surface area contributed by atoms with E-state index in [2.05, 4.69) is 20.3 Å². The molecule has 1 N–H and O–H groups in total. The first-order valence-corrected chi connectivity index (χ1v) is 5.87. The van der Waals surface area contributed by atoms with Crippen molar-refractivity contribution in [3.63, 3.8) is 0 Å². The largest absolute Gasteiger partial charge is 0.436 e. The number of anilines is 1. The van der Waals surface area contributed by atoms with Crippen molar-refractivity contribution in [2.75, 3.05) is 12.4 Å². The molecule has 0 amide bonds. The van der Waals surface area contributed by atoms with Gasteiger partial charge in [0.1, 0.15) is 5.82 Å². The van der Waals surface area contributed by atoms with Crippen LogP contribution in [-0.2, 0) is 6.42 Å². The number of rotatable bonds is 4. The van der Waals surface area contributed by atoms with Crippen molar-refractivity contribution in [2.24, 2.45) is 0 Å². The number of hydrogen-bond donors (Lipinski definition) is 1. The lowest BCUT2D eigenvalue weighted by Crippen LogP contribution is -1.99. The molecule has 2 aromatic heterocycles. The summed E-state index contributed by atoms with van der Waals surface area (Å²) in [5, 5.41) is 2.92. The molecule has 0 unspecified atom stereocenters. The zero-order chi connectivity index (χ0) is 13.0. The Morgan fingerprint density at radius 1 is 1.22 bits per heavy atom. The Kier molecular flexibility index (Phi) is 3.72. The van der Waals surface area contributed by atoms with Crippen molar-refractivity contribution >= 4 is 5.82 Å². The minimum Gasteiger partial charge on any atom is -0.436 e. The maximum atomic E-state index is 5.72. The third-order valence-electron chi connectivity index (χ3n) is 2.49. The highest BCUT2D eigenvalue weighted by Crippen LogP contribution is 2.23. The molecule has 0 radical (unpaired) electrons. The summed E-state index contributed by atoms with van der Waals surface area (Å²) < 4.78 is 5.72. The molecule has 2 aromatic rings. The van der Waals surface area contributed by atoms with E-state index in [9.17, 15) is 0 Å². The van der Waals surface area contributed by atoms with Crippen LogP contribution in [0.2, 0.25) is 0 Å². The molecule has 2 rings (SSSR count). The predicted molar refractivity (Wildman–Crippen MR) is 70.0 cm³/mol. The maximum Gasteiger partial charge on any atom is 0.239 e. The average Bonchev–Trinajstić information content (AvgIpc) is 2.41. The third kappa shape index (κ3) is 2.74. The van der Waals surface area contributed by atoms with Crippen LogP contribution in [0.15, 0.2) is 24.5 Å². The molecule has 0 aliphatic carbocycles. The van der Waals surface area contributed by atoms with Crippen LogP contribution in [0.3, 0.4) is 0 Å². The van der Waals surface area contributed by atoms with Crippen LogP contribution >= 0.6 is 0 Å². The van der Waals surface area contributed by atoms with Crippen LogP contribution < -0.4 is 10.1 Å². The van der Waals surface area contributed by atoms with E-state index in [1.54, 1.807) is 19.4 Å². The van der Waals surface area contributed by atoms with Gasteiger partial charge < -0.3 is 10.1 Å². The van der Waals surface area contributed by atoms with Crippen LogP contribution in [0.4, 0.5) is 5.82 Å². The van der Waals surface area contributed by atoms with Crippen molar-refractivity contribution in [2.45, 2.75) is 20.3 Å². The van der Waals surface area contributed by atoms with Gasteiger partial charge in [-0.05, 0) is 25.5 Å². The number of hydrogen-bond acceptors (Lipinski definition) is 5. The van der Waals surface area contributed by atoms with Gasteiger partial charge in [-0.3, -0.25) is 9.97 Å². The van der Waals surface area contributed by atoms with Crippen molar-refractivity contribution in [1.82, 2.24) is 15.0 Å². The Morgan fingerprint density at radius 2 is 2.06 bits per heavy atom. The molecule has 5 nitrogen and oxygen atoms in total. The van der Waals surface area contributed by atoms with Gasteiger partial charge in [0.15, 0.2) is 5.75 Å². The summed E-state index contributed by atoms with van der Waals surface area (Å²) in [5.41, 5.74) is 1.90. The minimum atomic E-state index is 0.460. The predicted octanol–water partition coefficient (Wildman–Crippen LogP) is 2.58. The topological polar surface area (TPSA) is 59.9 Å². The standard InChI is InChI=1S/C13H16N4O/c1-4-10-11(6-5-9(2)16-10)18-13-8-15-7-12(14-3)17-13/h5-8H,4H2,1-3H3,(H,14,17). The molecule has 18 heavy (non-hydrogen) atoms. The van der Waals surface area contributed by atoms with Gasteiger partial charge in [-0.25, -0.2) is 0 Å². The normalized spacial score (nSPS) is 10.2. The van der Waals surface area contributed by atoms with E-state index in [0.717, 1.165) is 23.6 Å². The summed E-state index contributed by atoms with van der Waals surface area (Å²) in [6, 6.07) is 3.83. The second-order valence-electron chi connectivity index (χ2n) is 3.85. The molecule has 0 aliphatic heterocycles. The summed E-state index contributed by atoms with van der Waals surface area (Å²) in [4.78, 5) is 12.8. The highest BCUT2D eigenvalue weighted by molar-refractivity contribution is 5.36. The first-order chi connectivity index (χ1) is 8.72. The quantitative estimate of drug-likeness (QED) is 0.895. The molecule has 2 heterocycles. The molecule has 0 atom stereocenters. The lowest BCUT2D eigenvalue weighted by Gasteiger charge is -2.09. The van der Waals surface area contributed by atoms with E-state index in [1.165, 1.54) is 0 Å². The highest BCUT2D eigenvalue weighted by atomic mass is 16.5. The number of pyridine rings is 1. The van der Waals surface area contributed by atoms with E-state index < -0.39 is 0 Å². The van der Waals surface area contributed by atoms with Crippen LogP contribution in [0, 0.1) is 6.92 Å². The van der Waals surface area contributed by atoms with E-state index >= 15 is 0 Å². The average molecular weight is 244 g/mol. The lowest BCUT2D eigenvalue weighted by atomic mass is 10.2. The van der Waals surface area contributed by atoms with Crippen LogP contribution in [0.1, 0.15) is 18.3 Å². The van der Waals surface area contributed by atoms with Gasteiger partial charge in [0.2, 0.25) is 5.88 Å². The SMILES string of the molecule is CCc1nc(C)ccc1Oc1cncc(NC)n1. The van der Waals surface area contributed by atoms with Crippen LogP contribution in [0.5, 0.6) is 11.6 Å².